The number of Topliss-reactive ketones (excluding diaryl/α,β-unsaturated/α-hetero) is 1. The minimum absolute atomic E-state index is 0.0929. The van der Waals surface area contributed by atoms with E-state index in [1.807, 2.05) is 11.4 Å². The van der Waals surface area contributed by atoms with Gasteiger partial charge in [-0.3, -0.25) is 9.78 Å². The second kappa shape index (κ2) is 4.84. The first kappa shape index (κ1) is 11.4. The minimum atomic E-state index is -0.569. The first-order valence-corrected chi connectivity index (χ1v) is 6.20. The highest BCUT2D eigenvalue weighted by molar-refractivity contribution is 9.10. The SMILES string of the molecule is O=C(Cc1sccc1Br)c1ccncc1F. The lowest BCUT2D eigenvalue weighted by Crippen LogP contribution is -2.05. The molecular formula is C11H7BrFNOS. The summed E-state index contributed by atoms with van der Waals surface area (Å²) >= 11 is 4.81. The zero-order chi connectivity index (χ0) is 11.5. The highest BCUT2D eigenvalue weighted by Gasteiger charge is 2.14. The smallest absolute Gasteiger partial charge is 0.171 e. The second-order valence-corrected chi connectivity index (χ2v) is 5.00. The number of hydrogen-bond donors (Lipinski definition) is 0. The van der Waals surface area contributed by atoms with E-state index in [-0.39, 0.29) is 17.8 Å². The Morgan fingerprint density at radius 3 is 2.94 bits per heavy atom. The van der Waals surface area contributed by atoms with Crippen LogP contribution in [-0.2, 0) is 6.42 Å². The van der Waals surface area contributed by atoms with E-state index < -0.39 is 5.82 Å². The molecule has 0 aliphatic heterocycles. The van der Waals surface area contributed by atoms with Crippen LogP contribution in [0.15, 0.2) is 34.4 Å². The summed E-state index contributed by atoms with van der Waals surface area (Å²) in [5, 5.41) is 1.88. The summed E-state index contributed by atoms with van der Waals surface area (Å²) in [6, 6.07) is 3.27. The van der Waals surface area contributed by atoms with E-state index in [1.54, 1.807) is 0 Å². The number of rotatable bonds is 3. The van der Waals surface area contributed by atoms with E-state index >= 15 is 0 Å². The van der Waals surface area contributed by atoms with Crippen LogP contribution >= 0.6 is 27.3 Å². The molecule has 0 N–H and O–H groups in total. The van der Waals surface area contributed by atoms with E-state index in [0.29, 0.717) is 0 Å². The van der Waals surface area contributed by atoms with Gasteiger partial charge in [0, 0.05) is 22.0 Å². The molecule has 0 fully saturated rings. The fraction of sp³-hybridized carbons (Fsp3) is 0.0909. The molecule has 0 spiro atoms. The fourth-order valence-electron chi connectivity index (χ4n) is 1.29. The third-order valence-electron chi connectivity index (χ3n) is 2.09. The van der Waals surface area contributed by atoms with Gasteiger partial charge in [0.05, 0.1) is 11.8 Å². The van der Waals surface area contributed by atoms with Crippen LogP contribution in [-0.4, -0.2) is 10.8 Å². The topological polar surface area (TPSA) is 30.0 Å². The van der Waals surface area contributed by atoms with Gasteiger partial charge >= 0.3 is 0 Å². The van der Waals surface area contributed by atoms with Gasteiger partial charge in [0.25, 0.3) is 0 Å². The number of halogens is 2. The monoisotopic (exact) mass is 299 g/mol. The van der Waals surface area contributed by atoms with E-state index in [9.17, 15) is 9.18 Å². The molecule has 0 atom stereocenters. The predicted molar refractivity (Wildman–Crippen MR) is 64.2 cm³/mol. The van der Waals surface area contributed by atoms with Gasteiger partial charge in [-0.25, -0.2) is 4.39 Å². The maximum absolute atomic E-state index is 13.3. The van der Waals surface area contributed by atoms with E-state index in [0.717, 1.165) is 15.5 Å². The van der Waals surface area contributed by atoms with Crippen molar-refractivity contribution in [2.45, 2.75) is 6.42 Å². The van der Waals surface area contributed by atoms with Gasteiger partial charge in [-0.05, 0) is 33.4 Å². The summed E-state index contributed by atoms with van der Waals surface area (Å²) in [6.45, 7) is 0. The number of ketones is 1. The standard InChI is InChI=1S/C11H7BrFNOS/c12-8-2-4-16-11(8)5-10(15)7-1-3-14-6-9(7)13/h1-4,6H,5H2. The molecule has 82 valence electrons. The third-order valence-corrected chi connectivity index (χ3v) is 4.01. The molecule has 2 aromatic heterocycles. The van der Waals surface area contributed by atoms with Crippen molar-refractivity contribution in [2.75, 3.05) is 0 Å². The van der Waals surface area contributed by atoms with Crippen molar-refractivity contribution in [3.8, 4) is 0 Å². The Labute approximate surface area is 104 Å². The Kier molecular flexibility index (Phi) is 3.46. The lowest BCUT2D eigenvalue weighted by molar-refractivity contribution is 0.0989. The lowest BCUT2D eigenvalue weighted by atomic mass is 10.1. The molecule has 0 unspecified atom stereocenters. The van der Waals surface area contributed by atoms with E-state index in [4.69, 9.17) is 0 Å². The number of thiophene rings is 1. The third kappa shape index (κ3) is 2.36. The molecule has 0 saturated heterocycles. The maximum atomic E-state index is 13.3. The zero-order valence-electron chi connectivity index (χ0n) is 8.11. The van der Waals surface area contributed by atoms with Crippen LogP contribution in [0.2, 0.25) is 0 Å². The summed E-state index contributed by atoms with van der Waals surface area (Å²) < 4.78 is 14.2. The second-order valence-electron chi connectivity index (χ2n) is 3.15. The molecule has 0 aliphatic rings. The Morgan fingerprint density at radius 2 is 2.31 bits per heavy atom. The zero-order valence-corrected chi connectivity index (χ0v) is 10.5. The molecule has 0 amide bonds. The van der Waals surface area contributed by atoms with Gasteiger partial charge < -0.3 is 0 Å². The predicted octanol–water partition coefficient (Wildman–Crippen LogP) is 3.47. The van der Waals surface area contributed by atoms with Gasteiger partial charge in [0.2, 0.25) is 0 Å². The van der Waals surface area contributed by atoms with Crippen molar-refractivity contribution < 1.29 is 9.18 Å². The van der Waals surface area contributed by atoms with Crippen LogP contribution in [0.4, 0.5) is 4.39 Å². The molecule has 2 nitrogen and oxygen atoms in total. The summed E-state index contributed by atoms with van der Waals surface area (Å²) in [5.74, 6) is -0.803. The van der Waals surface area contributed by atoms with Crippen LogP contribution in [0.5, 0.6) is 0 Å². The molecular weight excluding hydrogens is 293 g/mol. The first-order chi connectivity index (χ1) is 7.68. The van der Waals surface area contributed by atoms with Crippen molar-refractivity contribution in [3.05, 3.63) is 50.6 Å². The van der Waals surface area contributed by atoms with Gasteiger partial charge in [-0.2, -0.15) is 0 Å². The van der Waals surface area contributed by atoms with Crippen LogP contribution in [0, 0.1) is 5.82 Å². The number of carbonyl (C=O) groups is 1. The van der Waals surface area contributed by atoms with Crippen molar-refractivity contribution in [3.63, 3.8) is 0 Å². The first-order valence-electron chi connectivity index (χ1n) is 4.53. The van der Waals surface area contributed by atoms with Gasteiger partial charge in [0.15, 0.2) is 11.6 Å². The molecule has 2 aromatic rings. The average Bonchev–Trinajstić information content (AvgIpc) is 2.65. The molecule has 2 rings (SSSR count). The van der Waals surface area contributed by atoms with Gasteiger partial charge in [-0.15, -0.1) is 11.3 Å². The Hall–Kier alpha value is -1.07. The number of pyridine rings is 1. The number of nitrogens with zero attached hydrogens (tertiary/aromatic N) is 1. The van der Waals surface area contributed by atoms with Crippen molar-refractivity contribution >= 4 is 33.0 Å². The quantitative estimate of drug-likeness (QED) is 0.812. The van der Waals surface area contributed by atoms with Gasteiger partial charge in [-0.1, -0.05) is 0 Å². The summed E-state index contributed by atoms with van der Waals surface area (Å²) in [7, 11) is 0. The van der Waals surface area contributed by atoms with E-state index in [2.05, 4.69) is 20.9 Å². The molecule has 5 heteroatoms. The van der Waals surface area contributed by atoms with Crippen LogP contribution in [0.3, 0.4) is 0 Å². The normalized spacial score (nSPS) is 10.4. The largest absolute Gasteiger partial charge is 0.294 e. The van der Waals surface area contributed by atoms with Crippen LogP contribution in [0.25, 0.3) is 0 Å². The molecule has 16 heavy (non-hydrogen) atoms. The van der Waals surface area contributed by atoms with E-state index in [1.165, 1.54) is 23.6 Å². The summed E-state index contributed by atoms with van der Waals surface area (Å²) in [4.78, 5) is 16.3. The summed E-state index contributed by atoms with van der Waals surface area (Å²) in [6.07, 6.45) is 2.68. The lowest BCUT2D eigenvalue weighted by Gasteiger charge is -2.00. The Balaban J connectivity index is 2.22. The highest BCUT2D eigenvalue weighted by Crippen LogP contribution is 2.24. The Morgan fingerprint density at radius 1 is 1.50 bits per heavy atom. The van der Waals surface area contributed by atoms with Crippen molar-refractivity contribution in [1.29, 1.82) is 0 Å². The molecule has 2 heterocycles. The minimum Gasteiger partial charge on any atom is -0.294 e. The van der Waals surface area contributed by atoms with Crippen LogP contribution < -0.4 is 0 Å². The average molecular weight is 300 g/mol. The van der Waals surface area contributed by atoms with Crippen molar-refractivity contribution in [1.82, 2.24) is 4.98 Å². The Bertz CT molecular complexity index is 526. The molecule has 0 saturated carbocycles. The maximum Gasteiger partial charge on any atom is 0.171 e. The molecule has 0 aliphatic carbocycles. The van der Waals surface area contributed by atoms with Crippen LogP contribution in [0.1, 0.15) is 15.2 Å². The molecule has 0 bridgehead atoms. The molecule has 0 aromatic carbocycles. The molecule has 0 radical (unpaired) electrons. The number of carbonyl (C=O) groups excluding carboxylic acids is 1. The van der Waals surface area contributed by atoms with Crippen molar-refractivity contribution in [2.24, 2.45) is 0 Å². The summed E-state index contributed by atoms with van der Waals surface area (Å²) in [5.41, 5.74) is 0.0929. The fourth-order valence-corrected chi connectivity index (χ4v) is 2.78. The van der Waals surface area contributed by atoms with Gasteiger partial charge in [0.1, 0.15) is 0 Å². The highest BCUT2D eigenvalue weighted by atomic mass is 79.9. The number of hydrogen-bond acceptors (Lipinski definition) is 3. The number of aromatic nitrogens is 1.